The van der Waals surface area contributed by atoms with Crippen molar-refractivity contribution in [3.05, 3.63) is 35.6 Å². The molecule has 0 bridgehead atoms. The summed E-state index contributed by atoms with van der Waals surface area (Å²) in [6, 6.07) is 6.06. The molecule has 0 aliphatic heterocycles. The van der Waals surface area contributed by atoms with Gasteiger partial charge in [0.2, 0.25) is 0 Å². The molecule has 2 nitrogen and oxygen atoms in total. The average molecular weight is 221 g/mol. The van der Waals surface area contributed by atoms with Gasteiger partial charge in [-0.25, -0.2) is 4.39 Å². The van der Waals surface area contributed by atoms with E-state index in [1.54, 1.807) is 12.1 Å². The fourth-order valence-electron chi connectivity index (χ4n) is 2.24. The van der Waals surface area contributed by atoms with Crippen LogP contribution in [0.2, 0.25) is 0 Å². The highest BCUT2D eigenvalue weighted by Crippen LogP contribution is 2.24. The third kappa shape index (κ3) is 2.60. The van der Waals surface area contributed by atoms with Gasteiger partial charge in [0.25, 0.3) is 5.91 Å². The van der Waals surface area contributed by atoms with E-state index in [1.807, 2.05) is 0 Å². The molecule has 1 fully saturated rings. The molecular formula is C13H16FNO. The van der Waals surface area contributed by atoms with E-state index in [4.69, 9.17) is 0 Å². The van der Waals surface area contributed by atoms with Crippen molar-refractivity contribution in [2.24, 2.45) is 5.92 Å². The van der Waals surface area contributed by atoms with Gasteiger partial charge >= 0.3 is 0 Å². The standard InChI is InChI=1S/C13H16FNO/c1-9-5-6-12(7-9)15-13(16)10-3-2-4-11(14)8-10/h2-4,8-9,12H,5-7H2,1H3,(H,15,16). The van der Waals surface area contributed by atoms with Crippen LogP contribution in [-0.4, -0.2) is 11.9 Å². The van der Waals surface area contributed by atoms with Gasteiger partial charge in [0.1, 0.15) is 5.82 Å². The summed E-state index contributed by atoms with van der Waals surface area (Å²) in [5, 5.41) is 2.95. The van der Waals surface area contributed by atoms with E-state index in [0.29, 0.717) is 11.5 Å². The summed E-state index contributed by atoms with van der Waals surface area (Å²) in [6.45, 7) is 2.19. The number of hydrogen-bond donors (Lipinski definition) is 1. The van der Waals surface area contributed by atoms with Crippen molar-refractivity contribution in [1.29, 1.82) is 0 Å². The normalized spacial score (nSPS) is 24.4. The summed E-state index contributed by atoms with van der Waals surface area (Å²) < 4.78 is 12.9. The van der Waals surface area contributed by atoms with Crippen molar-refractivity contribution < 1.29 is 9.18 Å². The van der Waals surface area contributed by atoms with Gasteiger partial charge in [-0.1, -0.05) is 13.0 Å². The smallest absolute Gasteiger partial charge is 0.251 e. The fraction of sp³-hybridized carbons (Fsp3) is 0.462. The summed E-state index contributed by atoms with van der Waals surface area (Å²) in [7, 11) is 0. The summed E-state index contributed by atoms with van der Waals surface area (Å²) in [5.74, 6) is 0.142. The van der Waals surface area contributed by atoms with Gasteiger partial charge in [0.05, 0.1) is 0 Å². The van der Waals surface area contributed by atoms with E-state index < -0.39 is 0 Å². The molecule has 2 rings (SSSR count). The van der Waals surface area contributed by atoms with Crippen LogP contribution in [0, 0.1) is 11.7 Å². The van der Waals surface area contributed by atoms with Crippen LogP contribution in [-0.2, 0) is 0 Å². The first-order chi connectivity index (χ1) is 7.65. The predicted molar refractivity (Wildman–Crippen MR) is 60.7 cm³/mol. The lowest BCUT2D eigenvalue weighted by Crippen LogP contribution is -2.32. The molecule has 1 N–H and O–H groups in total. The second-order valence-corrected chi connectivity index (χ2v) is 4.60. The third-order valence-electron chi connectivity index (χ3n) is 3.12. The summed E-state index contributed by atoms with van der Waals surface area (Å²) in [6.07, 6.45) is 3.22. The molecule has 1 aliphatic rings. The van der Waals surface area contributed by atoms with E-state index >= 15 is 0 Å². The Labute approximate surface area is 94.9 Å². The van der Waals surface area contributed by atoms with Crippen LogP contribution in [0.25, 0.3) is 0 Å². The summed E-state index contributed by atoms with van der Waals surface area (Å²) >= 11 is 0. The Morgan fingerprint density at radius 2 is 2.25 bits per heavy atom. The van der Waals surface area contributed by atoms with E-state index in [9.17, 15) is 9.18 Å². The first-order valence-corrected chi connectivity index (χ1v) is 5.71. The molecule has 3 heteroatoms. The highest BCUT2D eigenvalue weighted by atomic mass is 19.1. The molecule has 0 heterocycles. The van der Waals surface area contributed by atoms with Gasteiger partial charge in [0.15, 0.2) is 0 Å². The number of nitrogens with one attached hydrogen (secondary N) is 1. The van der Waals surface area contributed by atoms with E-state index in [0.717, 1.165) is 19.3 Å². The lowest BCUT2D eigenvalue weighted by Gasteiger charge is -2.12. The maximum absolute atomic E-state index is 12.9. The number of benzene rings is 1. The van der Waals surface area contributed by atoms with E-state index in [-0.39, 0.29) is 17.8 Å². The van der Waals surface area contributed by atoms with Crippen LogP contribution in [0.5, 0.6) is 0 Å². The van der Waals surface area contributed by atoms with Crippen molar-refractivity contribution >= 4 is 5.91 Å². The first kappa shape index (κ1) is 11.1. The number of halogens is 1. The molecule has 0 aromatic heterocycles. The second-order valence-electron chi connectivity index (χ2n) is 4.60. The second kappa shape index (κ2) is 4.64. The minimum atomic E-state index is -0.368. The minimum absolute atomic E-state index is 0.168. The summed E-state index contributed by atoms with van der Waals surface area (Å²) in [5.41, 5.74) is 0.402. The Balaban J connectivity index is 1.98. The van der Waals surface area contributed by atoms with Gasteiger partial charge in [-0.3, -0.25) is 4.79 Å². The first-order valence-electron chi connectivity index (χ1n) is 5.71. The molecule has 1 saturated carbocycles. The molecule has 1 aliphatic carbocycles. The molecule has 1 aromatic rings. The van der Waals surface area contributed by atoms with Crippen LogP contribution < -0.4 is 5.32 Å². The zero-order valence-electron chi connectivity index (χ0n) is 9.37. The van der Waals surface area contributed by atoms with E-state index in [1.165, 1.54) is 12.1 Å². The van der Waals surface area contributed by atoms with Gasteiger partial charge in [-0.15, -0.1) is 0 Å². The molecule has 1 aromatic carbocycles. The van der Waals surface area contributed by atoms with Crippen molar-refractivity contribution in [1.82, 2.24) is 5.32 Å². The fourth-order valence-corrected chi connectivity index (χ4v) is 2.24. The molecule has 2 atom stereocenters. The van der Waals surface area contributed by atoms with Crippen molar-refractivity contribution in [3.8, 4) is 0 Å². The Morgan fingerprint density at radius 3 is 2.88 bits per heavy atom. The largest absolute Gasteiger partial charge is 0.349 e. The molecule has 1 amide bonds. The molecule has 0 radical (unpaired) electrons. The zero-order valence-corrected chi connectivity index (χ0v) is 9.37. The molecule has 2 unspecified atom stereocenters. The zero-order chi connectivity index (χ0) is 11.5. The average Bonchev–Trinajstić information content (AvgIpc) is 2.64. The Bertz CT molecular complexity index is 391. The van der Waals surface area contributed by atoms with Gasteiger partial charge in [-0.2, -0.15) is 0 Å². The Kier molecular flexibility index (Phi) is 3.22. The van der Waals surface area contributed by atoms with Crippen LogP contribution >= 0.6 is 0 Å². The van der Waals surface area contributed by atoms with Crippen LogP contribution in [0.3, 0.4) is 0 Å². The molecule has 16 heavy (non-hydrogen) atoms. The third-order valence-corrected chi connectivity index (χ3v) is 3.12. The number of hydrogen-bond acceptors (Lipinski definition) is 1. The molecular weight excluding hydrogens is 205 g/mol. The van der Waals surface area contributed by atoms with Crippen LogP contribution in [0.15, 0.2) is 24.3 Å². The van der Waals surface area contributed by atoms with Gasteiger partial charge in [0, 0.05) is 11.6 Å². The Hall–Kier alpha value is -1.38. The topological polar surface area (TPSA) is 29.1 Å². The molecule has 0 spiro atoms. The maximum atomic E-state index is 12.9. The lowest BCUT2D eigenvalue weighted by atomic mass is 10.1. The molecule has 86 valence electrons. The lowest BCUT2D eigenvalue weighted by molar-refractivity contribution is 0.0937. The number of rotatable bonds is 2. The van der Waals surface area contributed by atoms with Crippen LogP contribution in [0.4, 0.5) is 4.39 Å². The monoisotopic (exact) mass is 221 g/mol. The van der Waals surface area contributed by atoms with Gasteiger partial charge < -0.3 is 5.32 Å². The SMILES string of the molecule is CC1CCC(NC(=O)c2cccc(F)c2)C1. The highest BCUT2D eigenvalue weighted by molar-refractivity contribution is 5.94. The van der Waals surface area contributed by atoms with Gasteiger partial charge in [-0.05, 0) is 43.4 Å². The summed E-state index contributed by atoms with van der Waals surface area (Å²) in [4.78, 5) is 11.8. The predicted octanol–water partition coefficient (Wildman–Crippen LogP) is 2.74. The number of amides is 1. The van der Waals surface area contributed by atoms with Crippen molar-refractivity contribution in [2.45, 2.75) is 32.2 Å². The van der Waals surface area contributed by atoms with Crippen LogP contribution in [0.1, 0.15) is 36.5 Å². The van der Waals surface area contributed by atoms with E-state index in [2.05, 4.69) is 12.2 Å². The number of carbonyl (C=O) groups excluding carboxylic acids is 1. The molecule has 0 saturated heterocycles. The quantitative estimate of drug-likeness (QED) is 0.817. The highest BCUT2D eigenvalue weighted by Gasteiger charge is 2.23. The van der Waals surface area contributed by atoms with Crippen molar-refractivity contribution in [3.63, 3.8) is 0 Å². The van der Waals surface area contributed by atoms with Crippen molar-refractivity contribution in [2.75, 3.05) is 0 Å². The minimum Gasteiger partial charge on any atom is -0.349 e. The number of carbonyl (C=O) groups is 1. The Morgan fingerprint density at radius 1 is 1.44 bits per heavy atom. The maximum Gasteiger partial charge on any atom is 0.251 e.